The molecule has 0 saturated carbocycles. The van der Waals surface area contributed by atoms with Crippen molar-refractivity contribution in [3.63, 3.8) is 0 Å². The van der Waals surface area contributed by atoms with E-state index in [-0.39, 0.29) is 4.88 Å². The molecule has 1 aromatic carbocycles. The highest BCUT2D eigenvalue weighted by Crippen LogP contribution is 2.41. The fourth-order valence-electron chi connectivity index (χ4n) is 1.93. The Bertz CT molecular complexity index is 570. The molecule has 0 amide bonds. The second-order valence-corrected chi connectivity index (χ2v) is 5.45. The summed E-state index contributed by atoms with van der Waals surface area (Å²) < 4.78 is 39.0. The number of halogens is 3. The Morgan fingerprint density at radius 3 is 2.47 bits per heavy atom. The van der Waals surface area contributed by atoms with E-state index in [0.717, 1.165) is 28.3 Å². The van der Waals surface area contributed by atoms with Gasteiger partial charge in [0.05, 0.1) is 5.92 Å². The summed E-state index contributed by atoms with van der Waals surface area (Å²) in [4.78, 5) is 11.4. The van der Waals surface area contributed by atoms with E-state index in [1.54, 1.807) is 24.3 Å². The van der Waals surface area contributed by atoms with E-state index in [0.29, 0.717) is 0 Å². The molecule has 102 valence electrons. The number of benzene rings is 1. The van der Waals surface area contributed by atoms with Crippen molar-refractivity contribution in [3.8, 4) is 0 Å². The van der Waals surface area contributed by atoms with Crippen LogP contribution in [-0.2, 0) is 4.79 Å². The minimum atomic E-state index is -4.53. The molecule has 0 aliphatic heterocycles. The number of carbonyl (C=O) groups is 1. The number of hydrogen-bond donors (Lipinski definition) is 1. The zero-order valence-corrected chi connectivity index (χ0v) is 10.8. The summed E-state index contributed by atoms with van der Waals surface area (Å²) in [6.07, 6.45) is -4.53. The van der Waals surface area contributed by atoms with Crippen molar-refractivity contribution in [1.29, 1.82) is 0 Å². The van der Waals surface area contributed by atoms with Crippen molar-refractivity contribution in [1.82, 2.24) is 0 Å². The van der Waals surface area contributed by atoms with Gasteiger partial charge >= 0.3 is 12.1 Å². The molecule has 1 heterocycles. The van der Waals surface area contributed by atoms with E-state index in [1.807, 2.05) is 0 Å². The zero-order valence-electron chi connectivity index (χ0n) is 9.94. The number of carboxylic acid groups (broad SMARTS) is 1. The van der Waals surface area contributed by atoms with E-state index in [9.17, 15) is 18.0 Å². The van der Waals surface area contributed by atoms with Crippen LogP contribution in [0.25, 0.3) is 10.1 Å². The van der Waals surface area contributed by atoms with Crippen LogP contribution in [0.2, 0.25) is 0 Å². The highest BCUT2D eigenvalue weighted by Gasteiger charge is 2.45. The average Bonchev–Trinajstić information content (AvgIpc) is 2.70. The molecular formula is C13H11F3O2S. The zero-order chi connectivity index (χ0) is 14.2. The number of carboxylic acids is 1. The quantitative estimate of drug-likeness (QED) is 0.915. The van der Waals surface area contributed by atoms with Gasteiger partial charge in [-0.25, -0.2) is 0 Å². The van der Waals surface area contributed by atoms with Gasteiger partial charge < -0.3 is 5.11 Å². The van der Waals surface area contributed by atoms with Crippen LogP contribution in [0, 0.1) is 5.92 Å². The summed E-state index contributed by atoms with van der Waals surface area (Å²) in [5, 5.41) is 9.86. The first-order valence-electron chi connectivity index (χ1n) is 5.58. The lowest BCUT2D eigenvalue weighted by atomic mass is 9.92. The van der Waals surface area contributed by atoms with Crippen LogP contribution in [0.4, 0.5) is 13.2 Å². The van der Waals surface area contributed by atoms with E-state index in [2.05, 4.69) is 0 Å². The second-order valence-electron chi connectivity index (χ2n) is 4.33. The lowest BCUT2D eigenvalue weighted by molar-refractivity contribution is -0.183. The minimum absolute atomic E-state index is 0.235. The molecule has 0 radical (unpaired) electrons. The molecule has 2 aromatic rings. The fraction of sp³-hybridized carbons (Fsp3) is 0.308. The van der Waals surface area contributed by atoms with E-state index in [1.165, 1.54) is 6.07 Å². The summed E-state index contributed by atoms with van der Waals surface area (Å²) in [5.74, 6) is -4.92. The summed E-state index contributed by atoms with van der Waals surface area (Å²) in [5.41, 5.74) is 0. The van der Waals surface area contributed by atoms with E-state index in [4.69, 9.17) is 5.11 Å². The van der Waals surface area contributed by atoms with Crippen molar-refractivity contribution in [3.05, 3.63) is 35.2 Å². The maximum absolute atomic E-state index is 12.7. The first-order chi connectivity index (χ1) is 8.80. The topological polar surface area (TPSA) is 37.3 Å². The summed E-state index contributed by atoms with van der Waals surface area (Å²) in [6, 6.07) is 8.58. The molecule has 6 heteroatoms. The number of aliphatic carboxylic acids is 1. The first kappa shape index (κ1) is 13.9. The molecule has 0 bridgehead atoms. The van der Waals surface area contributed by atoms with Crippen LogP contribution in [0.1, 0.15) is 17.7 Å². The van der Waals surface area contributed by atoms with Crippen LogP contribution in [0.15, 0.2) is 30.3 Å². The Kier molecular flexibility index (Phi) is 3.54. The van der Waals surface area contributed by atoms with Crippen LogP contribution >= 0.6 is 11.3 Å². The van der Waals surface area contributed by atoms with Gasteiger partial charge in [-0.1, -0.05) is 25.1 Å². The smallest absolute Gasteiger partial charge is 0.392 e. The molecule has 0 spiro atoms. The van der Waals surface area contributed by atoms with Crippen molar-refractivity contribution < 1.29 is 23.1 Å². The van der Waals surface area contributed by atoms with Gasteiger partial charge in [0.15, 0.2) is 0 Å². The number of fused-ring (bicyclic) bond motifs is 1. The summed E-state index contributed by atoms with van der Waals surface area (Å²) >= 11 is 1.10. The predicted octanol–water partition coefficient (Wildman–Crippen LogP) is 4.27. The molecule has 2 nitrogen and oxygen atoms in total. The normalized spacial score (nSPS) is 15.4. The monoisotopic (exact) mass is 288 g/mol. The summed E-state index contributed by atoms with van der Waals surface area (Å²) in [7, 11) is 0. The molecular weight excluding hydrogens is 277 g/mol. The van der Waals surface area contributed by atoms with Gasteiger partial charge in [0.2, 0.25) is 0 Å². The lowest BCUT2D eigenvalue weighted by Crippen LogP contribution is -2.30. The molecule has 1 unspecified atom stereocenters. The Morgan fingerprint density at radius 2 is 1.95 bits per heavy atom. The van der Waals surface area contributed by atoms with Gasteiger partial charge in [-0.2, -0.15) is 13.2 Å². The molecule has 1 aromatic heterocycles. The molecule has 19 heavy (non-hydrogen) atoms. The Balaban J connectivity index is 2.47. The van der Waals surface area contributed by atoms with Crippen molar-refractivity contribution in [2.24, 2.45) is 5.92 Å². The maximum atomic E-state index is 12.7. The number of rotatable bonds is 3. The van der Waals surface area contributed by atoms with E-state index >= 15 is 0 Å². The van der Waals surface area contributed by atoms with Crippen LogP contribution < -0.4 is 0 Å². The van der Waals surface area contributed by atoms with Crippen molar-refractivity contribution >= 4 is 27.4 Å². The maximum Gasteiger partial charge on any atom is 0.392 e. The van der Waals surface area contributed by atoms with Crippen molar-refractivity contribution in [2.45, 2.75) is 19.0 Å². The number of thiophene rings is 1. The van der Waals surface area contributed by atoms with Crippen LogP contribution in [-0.4, -0.2) is 17.3 Å². The van der Waals surface area contributed by atoms with Gasteiger partial charge in [-0.15, -0.1) is 11.3 Å². The number of hydrogen-bond acceptors (Lipinski definition) is 2. The molecule has 2 atom stereocenters. The molecule has 0 fully saturated rings. The molecule has 1 N–H and O–H groups in total. The number of alkyl halides is 3. The van der Waals surface area contributed by atoms with Gasteiger partial charge in [-0.05, 0) is 17.5 Å². The SMILES string of the molecule is C[C@H](C(C(=O)O)c1cc2ccccc2s1)C(F)(F)F. The third-order valence-electron chi connectivity index (χ3n) is 3.03. The van der Waals surface area contributed by atoms with Gasteiger partial charge in [0.1, 0.15) is 5.92 Å². The minimum Gasteiger partial charge on any atom is -0.481 e. The van der Waals surface area contributed by atoms with Crippen LogP contribution in [0.3, 0.4) is 0 Å². The standard InChI is InChI=1S/C13H11F3O2S/c1-7(13(14,15)16)11(12(17)18)10-6-8-4-2-3-5-9(8)19-10/h2-7,11H,1H3,(H,17,18)/t7-,11?/m1/s1. The highest BCUT2D eigenvalue weighted by atomic mass is 32.1. The fourth-order valence-corrected chi connectivity index (χ4v) is 3.19. The molecule has 0 aliphatic rings. The molecule has 0 saturated heterocycles. The van der Waals surface area contributed by atoms with Gasteiger partial charge in [-0.3, -0.25) is 4.79 Å². The predicted molar refractivity (Wildman–Crippen MR) is 67.4 cm³/mol. The second kappa shape index (κ2) is 4.85. The molecule has 0 aliphatic carbocycles. The van der Waals surface area contributed by atoms with Crippen molar-refractivity contribution in [2.75, 3.05) is 0 Å². The Labute approximate surface area is 111 Å². The van der Waals surface area contributed by atoms with Crippen LogP contribution in [0.5, 0.6) is 0 Å². The Morgan fingerprint density at radius 1 is 1.32 bits per heavy atom. The third-order valence-corrected chi connectivity index (χ3v) is 4.23. The largest absolute Gasteiger partial charge is 0.481 e. The average molecular weight is 288 g/mol. The van der Waals surface area contributed by atoms with Gasteiger partial charge in [0.25, 0.3) is 0 Å². The third kappa shape index (κ3) is 2.73. The first-order valence-corrected chi connectivity index (χ1v) is 6.40. The summed E-state index contributed by atoms with van der Waals surface area (Å²) in [6.45, 7) is 0.906. The lowest BCUT2D eigenvalue weighted by Gasteiger charge is -2.21. The highest BCUT2D eigenvalue weighted by molar-refractivity contribution is 7.19. The van der Waals surface area contributed by atoms with E-state index < -0.39 is 24.0 Å². The molecule has 2 rings (SSSR count). The van der Waals surface area contributed by atoms with Gasteiger partial charge in [0, 0.05) is 9.58 Å². The Hall–Kier alpha value is -1.56.